The van der Waals surface area contributed by atoms with Crippen molar-refractivity contribution in [1.82, 2.24) is 4.98 Å². The molecule has 1 heterocycles. The van der Waals surface area contributed by atoms with E-state index in [4.69, 9.17) is 5.73 Å². The molecule has 1 aromatic rings. The quantitative estimate of drug-likeness (QED) is 0.806. The number of carbonyl (C=O) groups is 1. The lowest BCUT2D eigenvalue weighted by Crippen LogP contribution is -2.20. The summed E-state index contributed by atoms with van der Waals surface area (Å²) in [4.78, 5) is 14.4. The number of hydrogen-bond donors (Lipinski definition) is 1. The van der Waals surface area contributed by atoms with Crippen molar-refractivity contribution in [2.24, 2.45) is 5.73 Å². The van der Waals surface area contributed by atoms with Crippen LogP contribution in [0.3, 0.4) is 0 Å². The maximum Gasteiger partial charge on any atom is 0.573 e. The van der Waals surface area contributed by atoms with Gasteiger partial charge in [0.05, 0.1) is 11.3 Å². The van der Waals surface area contributed by atoms with Crippen LogP contribution in [0.5, 0.6) is 5.75 Å². The van der Waals surface area contributed by atoms with Crippen LogP contribution in [0, 0.1) is 6.92 Å². The van der Waals surface area contributed by atoms with Crippen LogP contribution >= 0.6 is 0 Å². The van der Waals surface area contributed by atoms with E-state index in [-0.39, 0.29) is 24.1 Å². The Bertz CT molecular complexity index is 404. The number of aldehydes is 1. The lowest BCUT2D eigenvalue weighted by Gasteiger charge is -2.14. The van der Waals surface area contributed by atoms with E-state index in [9.17, 15) is 18.0 Å². The maximum absolute atomic E-state index is 12.1. The number of ether oxygens (including phenoxy) is 1. The van der Waals surface area contributed by atoms with Gasteiger partial charge >= 0.3 is 6.36 Å². The maximum atomic E-state index is 12.1. The second-order valence-corrected chi connectivity index (χ2v) is 3.00. The highest BCUT2D eigenvalue weighted by Gasteiger charge is 2.33. The minimum absolute atomic E-state index is 0.0978. The zero-order valence-electron chi connectivity index (χ0n) is 8.34. The number of aryl methyl sites for hydroxylation is 1. The van der Waals surface area contributed by atoms with Crippen molar-refractivity contribution in [3.05, 3.63) is 23.0 Å². The molecule has 0 unspecified atom stereocenters. The lowest BCUT2D eigenvalue weighted by molar-refractivity contribution is -0.275. The van der Waals surface area contributed by atoms with Gasteiger partial charge in [-0.15, -0.1) is 13.2 Å². The normalized spacial score (nSPS) is 11.3. The lowest BCUT2D eigenvalue weighted by atomic mass is 10.2. The van der Waals surface area contributed by atoms with Gasteiger partial charge < -0.3 is 10.5 Å². The van der Waals surface area contributed by atoms with Crippen molar-refractivity contribution in [3.8, 4) is 5.75 Å². The Morgan fingerprint density at radius 1 is 1.56 bits per heavy atom. The van der Waals surface area contributed by atoms with Gasteiger partial charge in [-0.05, 0) is 13.0 Å². The van der Waals surface area contributed by atoms with Crippen molar-refractivity contribution in [2.45, 2.75) is 19.8 Å². The molecular formula is C9H9F3N2O2. The van der Waals surface area contributed by atoms with E-state index in [0.717, 1.165) is 0 Å². The van der Waals surface area contributed by atoms with E-state index in [0.29, 0.717) is 5.69 Å². The summed E-state index contributed by atoms with van der Waals surface area (Å²) in [5.41, 5.74) is 5.32. The van der Waals surface area contributed by atoms with Crippen LogP contribution in [0.4, 0.5) is 13.2 Å². The Hall–Kier alpha value is -1.63. The average Bonchev–Trinajstić information content (AvgIpc) is 2.18. The number of aromatic nitrogens is 1. The van der Waals surface area contributed by atoms with E-state index in [1.165, 1.54) is 6.07 Å². The Labute approximate surface area is 89.2 Å². The summed E-state index contributed by atoms with van der Waals surface area (Å²) < 4.78 is 39.9. The molecule has 1 aromatic heterocycles. The third-order valence-corrected chi connectivity index (χ3v) is 1.74. The molecule has 0 bridgehead atoms. The van der Waals surface area contributed by atoms with Gasteiger partial charge in [-0.1, -0.05) is 0 Å². The largest absolute Gasteiger partial charge is 0.573 e. The molecule has 0 aromatic carbocycles. The summed E-state index contributed by atoms with van der Waals surface area (Å²) in [5, 5.41) is 0. The number of rotatable bonds is 3. The van der Waals surface area contributed by atoms with E-state index < -0.39 is 12.1 Å². The molecule has 0 aliphatic heterocycles. The van der Waals surface area contributed by atoms with Gasteiger partial charge in [0.25, 0.3) is 0 Å². The second kappa shape index (κ2) is 4.48. The van der Waals surface area contributed by atoms with Crippen LogP contribution in [-0.2, 0) is 6.54 Å². The number of pyridine rings is 1. The fourth-order valence-corrected chi connectivity index (χ4v) is 1.21. The Kier molecular flexibility index (Phi) is 3.48. The molecule has 0 radical (unpaired) electrons. The predicted octanol–water partition coefficient (Wildman–Crippen LogP) is 1.56. The van der Waals surface area contributed by atoms with Crippen LogP contribution < -0.4 is 10.5 Å². The summed E-state index contributed by atoms with van der Waals surface area (Å²) in [6.07, 6.45) is -4.60. The summed E-state index contributed by atoms with van der Waals surface area (Å²) >= 11 is 0. The molecule has 0 aliphatic rings. The first-order valence-corrected chi connectivity index (χ1v) is 4.29. The van der Waals surface area contributed by atoms with Gasteiger partial charge in [-0.3, -0.25) is 9.78 Å². The minimum atomic E-state index is -4.88. The topological polar surface area (TPSA) is 65.2 Å². The summed E-state index contributed by atoms with van der Waals surface area (Å²) in [5.74, 6) is -0.629. The van der Waals surface area contributed by atoms with Gasteiger partial charge in [-0.2, -0.15) is 0 Å². The highest BCUT2D eigenvalue weighted by atomic mass is 19.4. The third-order valence-electron chi connectivity index (χ3n) is 1.74. The number of nitrogens with two attached hydrogens (primary N) is 1. The highest BCUT2D eigenvalue weighted by molar-refractivity contribution is 5.80. The highest BCUT2D eigenvalue weighted by Crippen LogP contribution is 2.28. The summed E-state index contributed by atoms with van der Waals surface area (Å²) in [6.45, 7) is 1.30. The first kappa shape index (κ1) is 12.4. The van der Waals surface area contributed by atoms with Crippen molar-refractivity contribution in [1.29, 1.82) is 0 Å². The minimum Gasteiger partial charge on any atom is -0.403 e. The molecule has 0 amide bonds. The van der Waals surface area contributed by atoms with Crippen molar-refractivity contribution in [2.75, 3.05) is 0 Å². The molecule has 0 saturated heterocycles. The monoisotopic (exact) mass is 234 g/mol. The summed E-state index contributed by atoms with van der Waals surface area (Å²) in [6, 6.07) is 1.20. The van der Waals surface area contributed by atoms with Gasteiger partial charge in [-0.25, -0.2) is 0 Å². The van der Waals surface area contributed by atoms with Crippen molar-refractivity contribution < 1.29 is 22.7 Å². The average molecular weight is 234 g/mol. The Morgan fingerprint density at radius 3 is 2.62 bits per heavy atom. The van der Waals surface area contributed by atoms with Gasteiger partial charge in [0, 0.05) is 12.2 Å². The first-order chi connectivity index (χ1) is 7.37. The van der Waals surface area contributed by atoms with Gasteiger partial charge in [0.1, 0.15) is 0 Å². The van der Waals surface area contributed by atoms with Crippen LogP contribution in [0.25, 0.3) is 0 Å². The fourth-order valence-electron chi connectivity index (χ4n) is 1.21. The van der Waals surface area contributed by atoms with E-state index >= 15 is 0 Å². The van der Waals surface area contributed by atoms with Gasteiger partial charge in [0.2, 0.25) is 0 Å². The number of hydrogen-bond acceptors (Lipinski definition) is 4. The van der Waals surface area contributed by atoms with Crippen molar-refractivity contribution in [3.63, 3.8) is 0 Å². The molecule has 1 rings (SSSR count). The van der Waals surface area contributed by atoms with Crippen LogP contribution in [-0.4, -0.2) is 17.6 Å². The number of carbonyl (C=O) groups excluding carboxylic acids is 1. The fraction of sp³-hybridized carbons (Fsp3) is 0.333. The molecule has 0 fully saturated rings. The standard InChI is InChI=1S/C9H9F3N2O2/c1-5-2-6(4-15)8(7(3-13)14-5)16-9(10,11)12/h2,4H,3,13H2,1H3. The summed E-state index contributed by atoms with van der Waals surface area (Å²) in [7, 11) is 0. The van der Waals surface area contributed by atoms with Gasteiger partial charge in [0.15, 0.2) is 12.0 Å². The molecule has 0 aliphatic carbocycles. The third kappa shape index (κ3) is 2.93. The predicted molar refractivity (Wildman–Crippen MR) is 48.9 cm³/mol. The molecule has 2 N–H and O–H groups in total. The number of alkyl halides is 3. The van der Waals surface area contributed by atoms with Crippen LogP contribution in [0.15, 0.2) is 6.07 Å². The smallest absolute Gasteiger partial charge is 0.403 e. The number of halogens is 3. The first-order valence-electron chi connectivity index (χ1n) is 4.29. The zero-order valence-corrected chi connectivity index (χ0v) is 8.34. The molecule has 7 heteroatoms. The Balaban J connectivity index is 3.27. The van der Waals surface area contributed by atoms with Crippen molar-refractivity contribution >= 4 is 6.29 Å². The second-order valence-electron chi connectivity index (χ2n) is 3.00. The molecular weight excluding hydrogens is 225 g/mol. The molecule has 0 saturated carbocycles. The number of nitrogens with zero attached hydrogens (tertiary/aromatic N) is 1. The van der Waals surface area contributed by atoms with E-state index in [1.807, 2.05) is 0 Å². The SMILES string of the molecule is Cc1cc(C=O)c(OC(F)(F)F)c(CN)n1. The van der Waals surface area contributed by atoms with Crippen LogP contribution in [0.1, 0.15) is 21.7 Å². The molecule has 88 valence electrons. The van der Waals surface area contributed by atoms with E-state index in [1.54, 1.807) is 6.92 Å². The Morgan fingerprint density at radius 2 is 2.19 bits per heavy atom. The molecule has 0 atom stereocenters. The van der Waals surface area contributed by atoms with E-state index in [2.05, 4.69) is 9.72 Å². The molecule has 16 heavy (non-hydrogen) atoms. The molecule has 4 nitrogen and oxygen atoms in total. The molecule has 0 spiro atoms. The van der Waals surface area contributed by atoms with Crippen LogP contribution in [0.2, 0.25) is 0 Å². The zero-order chi connectivity index (χ0) is 12.3.